The summed E-state index contributed by atoms with van der Waals surface area (Å²) in [5.41, 5.74) is 5.37. The van der Waals surface area contributed by atoms with Crippen molar-refractivity contribution in [2.24, 2.45) is 5.73 Å². The van der Waals surface area contributed by atoms with E-state index in [4.69, 9.17) is 10.5 Å². The van der Waals surface area contributed by atoms with Gasteiger partial charge in [0.25, 0.3) is 0 Å². The SMILES string of the molecule is CC(N)COc1c(F)cccc1F.Cl. The van der Waals surface area contributed by atoms with Crippen molar-refractivity contribution in [1.29, 1.82) is 0 Å². The molecular weight excluding hydrogens is 212 g/mol. The molecule has 0 fully saturated rings. The van der Waals surface area contributed by atoms with Crippen LogP contribution in [0.1, 0.15) is 6.92 Å². The Morgan fingerprint density at radius 3 is 2.29 bits per heavy atom. The van der Waals surface area contributed by atoms with Gasteiger partial charge < -0.3 is 10.5 Å². The molecule has 0 aliphatic rings. The first-order valence-corrected chi connectivity index (χ1v) is 3.93. The van der Waals surface area contributed by atoms with Crippen molar-refractivity contribution in [1.82, 2.24) is 0 Å². The van der Waals surface area contributed by atoms with Crippen molar-refractivity contribution in [2.45, 2.75) is 13.0 Å². The summed E-state index contributed by atoms with van der Waals surface area (Å²) in [5, 5.41) is 0. The number of ether oxygens (including phenoxy) is 1. The molecule has 0 radical (unpaired) electrons. The highest BCUT2D eigenvalue weighted by Gasteiger charge is 2.09. The number of hydrogen-bond donors (Lipinski definition) is 1. The van der Waals surface area contributed by atoms with Crippen LogP contribution in [-0.2, 0) is 0 Å². The van der Waals surface area contributed by atoms with Crippen molar-refractivity contribution >= 4 is 12.4 Å². The summed E-state index contributed by atoms with van der Waals surface area (Å²) < 4.78 is 30.6. The molecule has 80 valence electrons. The summed E-state index contributed by atoms with van der Waals surface area (Å²) in [4.78, 5) is 0. The molecule has 0 aliphatic carbocycles. The Bertz CT molecular complexity index is 274. The van der Waals surface area contributed by atoms with Gasteiger partial charge in [0, 0.05) is 6.04 Å². The zero-order valence-corrected chi connectivity index (χ0v) is 8.48. The van der Waals surface area contributed by atoms with Crippen LogP contribution in [-0.4, -0.2) is 12.6 Å². The number of nitrogens with two attached hydrogens (primary N) is 1. The fraction of sp³-hybridized carbons (Fsp3) is 0.333. The maximum Gasteiger partial charge on any atom is 0.190 e. The summed E-state index contributed by atoms with van der Waals surface area (Å²) in [7, 11) is 0. The zero-order valence-electron chi connectivity index (χ0n) is 7.67. The third-order valence-electron chi connectivity index (χ3n) is 1.41. The lowest BCUT2D eigenvalue weighted by Gasteiger charge is -2.09. The lowest BCUT2D eigenvalue weighted by molar-refractivity contribution is 0.268. The van der Waals surface area contributed by atoms with E-state index in [0.29, 0.717) is 0 Å². The largest absolute Gasteiger partial charge is 0.486 e. The average Bonchev–Trinajstić information content (AvgIpc) is 2.03. The Labute approximate surface area is 87.5 Å². The second-order valence-electron chi connectivity index (χ2n) is 2.84. The third-order valence-corrected chi connectivity index (χ3v) is 1.41. The van der Waals surface area contributed by atoms with Crippen molar-refractivity contribution in [3.63, 3.8) is 0 Å². The van der Waals surface area contributed by atoms with E-state index in [9.17, 15) is 8.78 Å². The predicted octanol–water partition coefficient (Wildman–Crippen LogP) is 2.11. The fourth-order valence-corrected chi connectivity index (χ4v) is 0.835. The van der Waals surface area contributed by atoms with Gasteiger partial charge in [-0.1, -0.05) is 6.07 Å². The van der Waals surface area contributed by atoms with E-state index in [-0.39, 0.29) is 30.8 Å². The molecule has 2 N–H and O–H groups in total. The minimum absolute atomic E-state index is 0. The summed E-state index contributed by atoms with van der Waals surface area (Å²) in [6.45, 7) is 1.79. The van der Waals surface area contributed by atoms with Crippen molar-refractivity contribution in [3.05, 3.63) is 29.8 Å². The van der Waals surface area contributed by atoms with Gasteiger partial charge >= 0.3 is 0 Å². The Kier molecular flexibility index (Phi) is 5.42. The van der Waals surface area contributed by atoms with Gasteiger partial charge in [-0.2, -0.15) is 0 Å². The zero-order chi connectivity index (χ0) is 9.84. The number of halogens is 3. The van der Waals surface area contributed by atoms with E-state index >= 15 is 0 Å². The van der Waals surface area contributed by atoms with Crippen LogP contribution in [0, 0.1) is 11.6 Å². The molecule has 1 aromatic carbocycles. The molecule has 2 nitrogen and oxygen atoms in total. The van der Waals surface area contributed by atoms with Gasteiger partial charge in [0.1, 0.15) is 6.61 Å². The lowest BCUT2D eigenvalue weighted by Crippen LogP contribution is -2.24. The Morgan fingerprint density at radius 1 is 1.36 bits per heavy atom. The highest BCUT2D eigenvalue weighted by molar-refractivity contribution is 5.85. The average molecular weight is 224 g/mol. The first-order chi connectivity index (χ1) is 6.11. The molecule has 1 atom stereocenters. The summed E-state index contributed by atoms with van der Waals surface area (Å²) in [6.07, 6.45) is 0. The highest BCUT2D eigenvalue weighted by atomic mass is 35.5. The van der Waals surface area contributed by atoms with Gasteiger partial charge in [0.2, 0.25) is 0 Å². The smallest absolute Gasteiger partial charge is 0.190 e. The molecule has 0 bridgehead atoms. The van der Waals surface area contributed by atoms with Crippen LogP contribution in [0.4, 0.5) is 8.78 Å². The maximum absolute atomic E-state index is 12.9. The predicted molar refractivity (Wildman–Crippen MR) is 52.8 cm³/mol. The summed E-state index contributed by atoms with van der Waals surface area (Å²) in [5.74, 6) is -1.78. The Hall–Kier alpha value is -0.870. The Morgan fingerprint density at radius 2 is 1.86 bits per heavy atom. The molecule has 1 unspecified atom stereocenters. The standard InChI is InChI=1S/C9H11F2NO.ClH/c1-6(12)5-13-9-7(10)3-2-4-8(9)11;/h2-4,6H,5,12H2,1H3;1H. The molecule has 1 aromatic rings. The molecule has 0 saturated carbocycles. The topological polar surface area (TPSA) is 35.2 Å². The van der Waals surface area contributed by atoms with Gasteiger partial charge in [0.05, 0.1) is 0 Å². The quantitative estimate of drug-likeness (QED) is 0.852. The molecule has 14 heavy (non-hydrogen) atoms. The normalized spacial score (nSPS) is 11.7. The van der Waals surface area contributed by atoms with E-state index in [1.54, 1.807) is 6.92 Å². The van der Waals surface area contributed by atoms with Crippen molar-refractivity contribution in [3.8, 4) is 5.75 Å². The molecule has 1 rings (SSSR count). The second-order valence-corrected chi connectivity index (χ2v) is 2.84. The van der Waals surface area contributed by atoms with E-state index in [1.807, 2.05) is 0 Å². The molecule has 0 saturated heterocycles. The molecular formula is C9H12ClF2NO. The molecule has 0 spiro atoms. The van der Waals surface area contributed by atoms with Gasteiger partial charge in [-0.15, -0.1) is 12.4 Å². The summed E-state index contributed by atoms with van der Waals surface area (Å²) in [6, 6.07) is 3.31. The molecule has 5 heteroatoms. The van der Waals surface area contributed by atoms with Crippen LogP contribution in [0.15, 0.2) is 18.2 Å². The van der Waals surface area contributed by atoms with Crippen molar-refractivity contribution < 1.29 is 13.5 Å². The molecule has 0 amide bonds. The van der Waals surface area contributed by atoms with Crippen molar-refractivity contribution in [2.75, 3.05) is 6.61 Å². The fourth-order valence-electron chi connectivity index (χ4n) is 0.835. The van der Waals surface area contributed by atoms with Crippen LogP contribution in [0.2, 0.25) is 0 Å². The highest BCUT2D eigenvalue weighted by Crippen LogP contribution is 2.20. The third kappa shape index (κ3) is 3.47. The van der Waals surface area contributed by atoms with Crippen LogP contribution in [0.25, 0.3) is 0 Å². The van der Waals surface area contributed by atoms with E-state index in [0.717, 1.165) is 12.1 Å². The molecule has 0 aliphatic heterocycles. The lowest BCUT2D eigenvalue weighted by atomic mass is 10.3. The number of hydrogen-bond acceptors (Lipinski definition) is 2. The Balaban J connectivity index is 0.00000169. The van der Waals surface area contributed by atoms with Gasteiger partial charge in [-0.3, -0.25) is 0 Å². The maximum atomic E-state index is 12.9. The second kappa shape index (κ2) is 5.78. The van der Waals surface area contributed by atoms with E-state index in [1.165, 1.54) is 6.07 Å². The van der Waals surface area contributed by atoms with Crippen LogP contribution in [0.5, 0.6) is 5.75 Å². The van der Waals surface area contributed by atoms with Gasteiger partial charge in [-0.25, -0.2) is 8.78 Å². The number of para-hydroxylation sites is 1. The van der Waals surface area contributed by atoms with Crippen LogP contribution >= 0.6 is 12.4 Å². The monoisotopic (exact) mass is 223 g/mol. The molecule has 0 heterocycles. The van der Waals surface area contributed by atoms with E-state index in [2.05, 4.69) is 0 Å². The first-order valence-electron chi connectivity index (χ1n) is 3.93. The van der Waals surface area contributed by atoms with Gasteiger partial charge in [-0.05, 0) is 19.1 Å². The minimum atomic E-state index is -0.708. The molecule has 0 aromatic heterocycles. The summed E-state index contributed by atoms with van der Waals surface area (Å²) >= 11 is 0. The number of benzene rings is 1. The number of rotatable bonds is 3. The van der Waals surface area contributed by atoms with Crippen LogP contribution in [0.3, 0.4) is 0 Å². The van der Waals surface area contributed by atoms with Gasteiger partial charge in [0.15, 0.2) is 17.4 Å². The minimum Gasteiger partial charge on any atom is -0.486 e. The van der Waals surface area contributed by atoms with E-state index < -0.39 is 11.6 Å². The van der Waals surface area contributed by atoms with Crippen LogP contribution < -0.4 is 10.5 Å². The first kappa shape index (κ1) is 13.1.